The Morgan fingerprint density at radius 1 is 1.31 bits per heavy atom. The minimum atomic E-state index is -4.60. The van der Waals surface area contributed by atoms with E-state index in [0.717, 1.165) is 16.8 Å². The molecule has 0 aliphatic carbocycles. The van der Waals surface area contributed by atoms with Crippen LogP contribution < -0.4 is 16.1 Å². The normalized spacial score (nSPS) is 12.7. The maximum atomic E-state index is 13.3. The lowest BCUT2D eigenvalue weighted by Crippen LogP contribution is -2.39. The van der Waals surface area contributed by atoms with Gasteiger partial charge in [-0.3, -0.25) is 9.59 Å². The van der Waals surface area contributed by atoms with E-state index in [2.05, 4.69) is 15.7 Å². The Hall–Kier alpha value is -2.68. The lowest BCUT2D eigenvalue weighted by atomic mass is 10.1. The van der Waals surface area contributed by atoms with E-state index in [0.29, 0.717) is 0 Å². The van der Waals surface area contributed by atoms with Crippen molar-refractivity contribution in [2.45, 2.75) is 26.1 Å². The number of hydrogen-bond acceptors (Lipinski definition) is 4. The van der Waals surface area contributed by atoms with Gasteiger partial charge < -0.3 is 10.6 Å². The SMILES string of the molecule is CNC(C)CNC(=O)c1nn(-c2ccccc2C(F)(F)F)c(C)cc1=O. The van der Waals surface area contributed by atoms with Crippen molar-refractivity contribution in [2.24, 2.45) is 0 Å². The number of para-hydroxylation sites is 1. The number of nitrogens with zero attached hydrogens (tertiary/aromatic N) is 2. The summed E-state index contributed by atoms with van der Waals surface area (Å²) in [6.45, 7) is 3.51. The molecular formula is C17H19F3N4O2. The summed E-state index contributed by atoms with van der Waals surface area (Å²) in [5.74, 6) is -0.740. The molecule has 0 fully saturated rings. The van der Waals surface area contributed by atoms with Gasteiger partial charge in [0.25, 0.3) is 5.91 Å². The minimum absolute atomic E-state index is 0.0439. The van der Waals surface area contributed by atoms with Gasteiger partial charge >= 0.3 is 6.18 Å². The number of carbonyl (C=O) groups is 1. The zero-order valence-electron chi connectivity index (χ0n) is 14.5. The third kappa shape index (κ3) is 4.29. The largest absolute Gasteiger partial charge is 0.418 e. The van der Waals surface area contributed by atoms with Gasteiger partial charge in [0.1, 0.15) is 0 Å². The van der Waals surface area contributed by atoms with Gasteiger partial charge in [-0.25, -0.2) is 4.68 Å². The number of aryl methyl sites for hydroxylation is 1. The van der Waals surface area contributed by atoms with Crippen LogP contribution in [-0.2, 0) is 6.18 Å². The average molecular weight is 368 g/mol. The standard InChI is InChI=1S/C17H19F3N4O2/c1-10(21-3)9-22-16(26)15-14(25)8-11(2)24(23-15)13-7-5-4-6-12(13)17(18,19)20/h4-8,10,21H,9H2,1-3H3,(H,22,26). The van der Waals surface area contributed by atoms with E-state index in [9.17, 15) is 22.8 Å². The van der Waals surface area contributed by atoms with E-state index in [4.69, 9.17) is 0 Å². The van der Waals surface area contributed by atoms with Gasteiger partial charge in [-0.1, -0.05) is 12.1 Å². The number of amides is 1. The molecule has 9 heteroatoms. The molecule has 0 aliphatic rings. The number of likely N-dealkylation sites (N-methyl/N-ethyl adjacent to an activating group) is 1. The zero-order valence-corrected chi connectivity index (χ0v) is 14.5. The number of carbonyl (C=O) groups excluding carboxylic acids is 1. The molecule has 0 saturated carbocycles. The number of aromatic nitrogens is 2. The summed E-state index contributed by atoms with van der Waals surface area (Å²) in [4.78, 5) is 24.3. The molecule has 1 atom stereocenters. The Kier molecular flexibility index (Phi) is 5.81. The number of benzene rings is 1. The summed E-state index contributed by atoms with van der Waals surface area (Å²) in [5, 5.41) is 9.34. The first-order valence-electron chi connectivity index (χ1n) is 7.88. The number of hydrogen-bond donors (Lipinski definition) is 2. The molecule has 1 unspecified atom stereocenters. The number of nitrogens with one attached hydrogen (secondary N) is 2. The van der Waals surface area contributed by atoms with Gasteiger partial charge in [0, 0.05) is 24.3 Å². The molecular weight excluding hydrogens is 349 g/mol. The van der Waals surface area contributed by atoms with Crippen LogP contribution >= 0.6 is 0 Å². The van der Waals surface area contributed by atoms with E-state index in [-0.39, 0.29) is 24.0 Å². The second-order valence-electron chi connectivity index (χ2n) is 5.83. The summed E-state index contributed by atoms with van der Waals surface area (Å²) in [6, 6.07) is 5.89. The van der Waals surface area contributed by atoms with Gasteiger partial charge in [-0.2, -0.15) is 18.3 Å². The Morgan fingerprint density at radius 3 is 2.58 bits per heavy atom. The molecule has 1 heterocycles. The van der Waals surface area contributed by atoms with Crippen molar-refractivity contribution in [3.8, 4) is 5.69 Å². The molecule has 1 amide bonds. The van der Waals surface area contributed by atoms with Crippen molar-refractivity contribution >= 4 is 5.91 Å². The van der Waals surface area contributed by atoms with E-state index in [1.165, 1.54) is 25.1 Å². The van der Waals surface area contributed by atoms with Gasteiger partial charge in [-0.15, -0.1) is 0 Å². The lowest BCUT2D eigenvalue weighted by Gasteiger charge is -2.17. The first-order valence-corrected chi connectivity index (χ1v) is 7.88. The Morgan fingerprint density at radius 2 is 1.96 bits per heavy atom. The summed E-state index contributed by atoms with van der Waals surface area (Å²) in [6.07, 6.45) is -4.60. The molecule has 26 heavy (non-hydrogen) atoms. The predicted molar refractivity (Wildman–Crippen MR) is 90.4 cm³/mol. The van der Waals surface area contributed by atoms with Crippen LogP contribution in [0.4, 0.5) is 13.2 Å². The molecule has 6 nitrogen and oxygen atoms in total. The van der Waals surface area contributed by atoms with E-state index >= 15 is 0 Å². The van der Waals surface area contributed by atoms with E-state index in [1.807, 2.05) is 6.92 Å². The van der Waals surface area contributed by atoms with Crippen LogP contribution in [0.25, 0.3) is 5.69 Å². The Bertz CT molecular complexity index is 862. The molecule has 0 spiro atoms. The van der Waals surface area contributed by atoms with Crippen molar-refractivity contribution in [3.63, 3.8) is 0 Å². The van der Waals surface area contributed by atoms with Gasteiger partial charge in [-0.05, 0) is 33.0 Å². The van der Waals surface area contributed by atoms with E-state index in [1.54, 1.807) is 7.05 Å². The topological polar surface area (TPSA) is 76.0 Å². The van der Waals surface area contributed by atoms with Crippen LogP contribution in [0, 0.1) is 6.92 Å². The first-order chi connectivity index (χ1) is 12.1. The highest BCUT2D eigenvalue weighted by Gasteiger charge is 2.34. The van der Waals surface area contributed by atoms with Crippen molar-refractivity contribution < 1.29 is 18.0 Å². The van der Waals surface area contributed by atoms with Crippen molar-refractivity contribution in [2.75, 3.05) is 13.6 Å². The lowest BCUT2D eigenvalue weighted by molar-refractivity contribution is -0.137. The quantitative estimate of drug-likeness (QED) is 0.845. The fourth-order valence-electron chi connectivity index (χ4n) is 2.28. The smallest absolute Gasteiger partial charge is 0.349 e. The van der Waals surface area contributed by atoms with Crippen LogP contribution in [-0.4, -0.2) is 35.3 Å². The minimum Gasteiger partial charge on any atom is -0.349 e. The number of halogens is 3. The second-order valence-corrected chi connectivity index (χ2v) is 5.83. The van der Waals surface area contributed by atoms with Crippen LogP contribution in [0.3, 0.4) is 0 Å². The van der Waals surface area contributed by atoms with E-state index < -0.39 is 28.8 Å². The average Bonchev–Trinajstić information content (AvgIpc) is 2.58. The summed E-state index contributed by atoms with van der Waals surface area (Å²) in [5.41, 5.74) is -2.09. The Labute approximate surface area is 148 Å². The third-order valence-electron chi connectivity index (χ3n) is 3.82. The van der Waals surface area contributed by atoms with Crippen molar-refractivity contribution in [3.05, 3.63) is 57.5 Å². The van der Waals surface area contributed by atoms with Gasteiger partial charge in [0.05, 0.1) is 11.3 Å². The van der Waals surface area contributed by atoms with Crippen LogP contribution in [0.1, 0.15) is 28.7 Å². The fourth-order valence-corrected chi connectivity index (χ4v) is 2.28. The van der Waals surface area contributed by atoms with Crippen LogP contribution in [0.2, 0.25) is 0 Å². The molecule has 1 aromatic carbocycles. The second kappa shape index (κ2) is 7.69. The number of rotatable bonds is 5. The zero-order chi connectivity index (χ0) is 19.5. The molecule has 2 rings (SSSR count). The van der Waals surface area contributed by atoms with Crippen molar-refractivity contribution in [1.29, 1.82) is 0 Å². The monoisotopic (exact) mass is 368 g/mol. The molecule has 1 aromatic heterocycles. The maximum absolute atomic E-state index is 13.3. The molecule has 0 saturated heterocycles. The summed E-state index contributed by atoms with van der Waals surface area (Å²) < 4.78 is 40.7. The van der Waals surface area contributed by atoms with Crippen LogP contribution in [0.5, 0.6) is 0 Å². The molecule has 2 aromatic rings. The van der Waals surface area contributed by atoms with Crippen LogP contribution in [0.15, 0.2) is 35.1 Å². The molecule has 140 valence electrons. The highest BCUT2D eigenvalue weighted by molar-refractivity contribution is 5.92. The molecule has 0 radical (unpaired) electrons. The molecule has 0 bridgehead atoms. The molecule has 0 aliphatic heterocycles. The first kappa shape index (κ1) is 19.6. The third-order valence-corrected chi connectivity index (χ3v) is 3.82. The van der Waals surface area contributed by atoms with Crippen molar-refractivity contribution in [1.82, 2.24) is 20.4 Å². The summed E-state index contributed by atoms with van der Waals surface area (Å²) >= 11 is 0. The van der Waals surface area contributed by atoms with Gasteiger partial charge in [0.15, 0.2) is 5.69 Å². The maximum Gasteiger partial charge on any atom is 0.418 e. The summed E-state index contributed by atoms with van der Waals surface area (Å²) in [7, 11) is 1.71. The molecule has 2 N–H and O–H groups in total. The Balaban J connectivity index is 2.50. The highest BCUT2D eigenvalue weighted by Crippen LogP contribution is 2.33. The highest BCUT2D eigenvalue weighted by atomic mass is 19.4. The number of alkyl halides is 3. The fraction of sp³-hybridized carbons (Fsp3) is 0.353. The van der Waals surface area contributed by atoms with Gasteiger partial charge in [0.2, 0.25) is 5.43 Å². The predicted octanol–water partition coefficient (Wildman–Crippen LogP) is 1.90.